The van der Waals surface area contributed by atoms with Crippen LogP contribution in [0, 0.1) is 0 Å². The molecule has 14 heavy (non-hydrogen) atoms. The Morgan fingerprint density at radius 1 is 1.29 bits per heavy atom. The van der Waals surface area contributed by atoms with E-state index >= 15 is 0 Å². The van der Waals surface area contributed by atoms with Crippen LogP contribution in [0.2, 0.25) is 0 Å². The van der Waals surface area contributed by atoms with Crippen LogP contribution in [0.25, 0.3) is 0 Å². The molecule has 0 unspecified atom stereocenters. The zero-order valence-electron chi connectivity index (χ0n) is 7.61. The fourth-order valence-electron chi connectivity index (χ4n) is 1.29. The first kappa shape index (κ1) is 11.6. The summed E-state index contributed by atoms with van der Waals surface area (Å²) in [5.41, 5.74) is 0. The van der Waals surface area contributed by atoms with Gasteiger partial charge in [-0.15, -0.1) is 0 Å². The summed E-state index contributed by atoms with van der Waals surface area (Å²) < 4.78 is 25.5. The number of nitrogens with zero attached hydrogens (tertiary/aromatic N) is 1. The molecule has 0 saturated carbocycles. The van der Waals surface area contributed by atoms with Gasteiger partial charge in [0.2, 0.25) is 5.94 Å². The fourth-order valence-corrected chi connectivity index (χ4v) is 1.66. The van der Waals surface area contributed by atoms with Gasteiger partial charge in [0.05, 0.1) is 0 Å². The number of ether oxygens (including phenoxy) is 1. The van der Waals surface area contributed by atoms with Crippen LogP contribution in [-0.2, 0) is 13.8 Å². The Kier molecular flexibility index (Phi) is 4.00. The lowest BCUT2D eigenvalue weighted by Gasteiger charge is -2.25. The van der Waals surface area contributed by atoms with Gasteiger partial charge in [-0.3, -0.25) is 0 Å². The van der Waals surface area contributed by atoms with Gasteiger partial charge in [0.25, 0.3) is 9.05 Å². The molecule has 1 fully saturated rings. The molecule has 0 atom stereocenters. The smallest absolute Gasteiger partial charge is 0.410 e. The highest BCUT2D eigenvalue weighted by atomic mass is 35.7. The molecule has 1 amide bonds. The number of hydrogen-bond acceptors (Lipinski definition) is 4. The van der Waals surface area contributed by atoms with Crippen LogP contribution in [0.3, 0.4) is 0 Å². The second kappa shape index (κ2) is 4.84. The molecule has 0 aliphatic carbocycles. The van der Waals surface area contributed by atoms with Gasteiger partial charge in [-0.05, 0) is 19.3 Å². The number of hydrogen-bond donors (Lipinski definition) is 0. The summed E-state index contributed by atoms with van der Waals surface area (Å²) in [5.74, 6) is -0.760. The molecule has 0 aromatic carbocycles. The van der Waals surface area contributed by atoms with Gasteiger partial charge in [0.1, 0.15) is 0 Å². The molecule has 1 heterocycles. The van der Waals surface area contributed by atoms with E-state index in [0.717, 1.165) is 19.3 Å². The number of carbonyl (C=O) groups is 1. The van der Waals surface area contributed by atoms with Crippen molar-refractivity contribution in [2.45, 2.75) is 19.3 Å². The van der Waals surface area contributed by atoms with E-state index in [4.69, 9.17) is 10.7 Å². The zero-order chi connectivity index (χ0) is 10.6. The molecular formula is C7H12ClNO4S. The maximum Gasteiger partial charge on any atom is 0.410 e. The lowest BCUT2D eigenvalue weighted by atomic mass is 10.1. The second-order valence-corrected chi connectivity index (χ2v) is 5.84. The predicted molar refractivity (Wildman–Crippen MR) is 51.5 cm³/mol. The molecule has 0 N–H and O–H groups in total. The molecule has 1 rings (SSSR count). The number of piperidine rings is 1. The third-order valence-corrected chi connectivity index (χ3v) is 2.60. The summed E-state index contributed by atoms with van der Waals surface area (Å²) in [5, 5.41) is 0. The van der Waals surface area contributed by atoms with Crippen molar-refractivity contribution >= 4 is 25.8 Å². The van der Waals surface area contributed by atoms with Gasteiger partial charge in [-0.25, -0.2) is 13.2 Å². The Bertz CT molecular complexity index is 297. The number of halogens is 1. The van der Waals surface area contributed by atoms with Crippen molar-refractivity contribution in [3.8, 4) is 0 Å². The fraction of sp³-hybridized carbons (Fsp3) is 0.857. The Balaban J connectivity index is 2.34. The van der Waals surface area contributed by atoms with Crippen LogP contribution >= 0.6 is 10.7 Å². The largest absolute Gasteiger partial charge is 0.432 e. The summed E-state index contributed by atoms with van der Waals surface area (Å²) >= 11 is 0. The lowest BCUT2D eigenvalue weighted by molar-refractivity contribution is 0.109. The first-order valence-electron chi connectivity index (χ1n) is 4.33. The minimum Gasteiger partial charge on any atom is -0.432 e. The SMILES string of the molecule is O=C(OCS(=O)(=O)Cl)N1CCCCC1. The van der Waals surface area contributed by atoms with Gasteiger partial charge >= 0.3 is 6.09 Å². The predicted octanol–water partition coefficient (Wildman–Crippen LogP) is 1.14. The average molecular weight is 242 g/mol. The number of amides is 1. The van der Waals surface area contributed by atoms with Crippen molar-refractivity contribution in [2.75, 3.05) is 19.0 Å². The van der Waals surface area contributed by atoms with Gasteiger partial charge in [-0.2, -0.15) is 0 Å². The summed E-state index contributed by atoms with van der Waals surface area (Å²) in [6.45, 7) is 1.25. The van der Waals surface area contributed by atoms with E-state index in [1.54, 1.807) is 0 Å². The van der Waals surface area contributed by atoms with E-state index in [-0.39, 0.29) is 0 Å². The molecule has 7 heteroatoms. The molecule has 0 aromatic heterocycles. The third kappa shape index (κ3) is 4.15. The zero-order valence-corrected chi connectivity index (χ0v) is 9.18. The first-order valence-corrected chi connectivity index (χ1v) is 6.81. The molecule has 5 nitrogen and oxygen atoms in total. The molecule has 0 spiro atoms. The molecule has 82 valence electrons. The van der Waals surface area contributed by atoms with E-state index in [0.29, 0.717) is 13.1 Å². The summed E-state index contributed by atoms with van der Waals surface area (Å²) in [4.78, 5) is 12.7. The van der Waals surface area contributed by atoms with Gasteiger partial charge in [-0.1, -0.05) is 0 Å². The second-order valence-electron chi connectivity index (χ2n) is 3.11. The minimum atomic E-state index is -3.76. The summed E-state index contributed by atoms with van der Waals surface area (Å²) in [6.07, 6.45) is 2.36. The Morgan fingerprint density at radius 2 is 1.86 bits per heavy atom. The standard InChI is InChI=1S/C7H12ClNO4S/c8-14(11,12)6-13-7(10)9-4-2-1-3-5-9/h1-6H2. The molecule has 1 aliphatic rings. The number of carbonyl (C=O) groups excluding carboxylic acids is 1. The Labute approximate surface area is 87.4 Å². The van der Waals surface area contributed by atoms with Crippen molar-refractivity contribution in [2.24, 2.45) is 0 Å². The molecule has 1 saturated heterocycles. The van der Waals surface area contributed by atoms with E-state index in [1.807, 2.05) is 0 Å². The van der Waals surface area contributed by atoms with E-state index in [2.05, 4.69) is 4.74 Å². The van der Waals surface area contributed by atoms with Crippen LogP contribution in [0.5, 0.6) is 0 Å². The van der Waals surface area contributed by atoms with Gasteiger partial charge in [0.15, 0.2) is 0 Å². The van der Waals surface area contributed by atoms with Crippen molar-refractivity contribution < 1.29 is 17.9 Å². The average Bonchev–Trinajstić information content (AvgIpc) is 2.14. The maximum absolute atomic E-state index is 11.2. The third-order valence-electron chi connectivity index (χ3n) is 1.94. The van der Waals surface area contributed by atoms with Gasteiger partial charge < -0.3 is 9.64 Å². The molecule has 1 aliphatic heterocycles. The normalized spacial score (nSPS) is 17.9. The molecular weight excluding hydrogens is 230 g/mol. The molecule has 0 bridgehead atoms. The van der Waals surface area contributed by atoms with Crippen LogP contribution in [0.4, 0.5) is 4.79 Å². The van der Waals surface area contributed by atoms with E-state index < -0.39 is 21.1 Å². The van der Waals surface area contributed by atoms with Crippen molar-refractivity contribution in [1.82, 2.24) is 4.90 Å². The van der Waals surface area contributed by atoms with Crippen LogP contribution in [-0.4, -0.2) is 38.4 Å². The van der Waals surface area contributed by atoms with Gasteiger partial charge in [0, 0.05) is 23.8 Å². The highest BCUT2D eigenvalue weighted by Gasteiger charge is 2.19. The monoisotopic (exact) mass is 241 g/mol. The van der Waals surface area contributed by atoms with Crippen LogP contribution < -0.4 is 0 Å². The topological polar surface area (TPSA) is 63.7 Å². The van der Waals surface area contributed by atoms with Crippen molar-refractivity contribution in [3.63, 3.8) is 0 Å². The van der Waals surface area contributed by atoms with E-state index in [9.17, 15) is 13.2 Å². The van der Waals surface area contributed by atoms with Crippen molar-refractivity contribution in [3.05, 3.63) is 0 Å². The minimum absolute atomic E-state index is 0.603. The number of rotatable bonds is 2. The number of likely N-dealkylation sites (tertiary alicyclic amines) is 1. The Hall–Kier alpha value is -0.490. The highest BCUT2D eigenvalue weighted by Crippen LogP contribution is 2.10. The highest BCUT2D eigenvalue weighted by molar-refractivity contribution is 8.13. The van der Waals surface area contributed by atoms with Crippen LogP contribution in [0.1, 0.15) is 19.3 Å². The maximum atomic E-state index is 11.2. The Morgan fingerprint density at radius 3 is 2.36 bits per heavy atom. The molecule has 0 aromatic rings. The van der Waals surface area contributed by atoms with Crippen LogP contribution in [0.15, 0.2) is 0 Å². The summed E-state index contributed by atoms with van der Waals surface area (Å²) in [7, 11) is 1.14. The summed E-state index contributed by atoms with van der Waals surface area (Å²) in [6, 6.07) is 0. The first-order chi connectivity index (χ1) is 6.49. The van der Waals surface area contributed by atoms with Crippen molar-refractivity contribution in [1.29, 1.82) is 0 Å². The quantitative estimate of drug-likeness (QED) is 0.680. The van der Waals surface area contributed by atoms with E-state index in [1.165, 1.54) is 4.90 Å². The lowest BCUT2D eigenvalue weighted by Crippen LogP contribution is -2.36. The molecule has 0 radical (unpaired) electrons.